The van der Waals surface area contributed by atoms with Crippen LogP contribution in [0.1, 0.15) is 38.0 Å². The molecule has 0 saturated carbocycles. The van der Waals surface area contributed by atoms with Crippen LogP contribution in [0, 0.1) is 0 Å². The van der Waals surface area contributed by atoms with Gasteiger partial charge < -0.3 is 9.84 Å². The molecule has 1 unspecified atom stereocenters. The fraction of sp³-hybridized carbons (Fsp3) is 0.500. The van der Waals surface area contributed by atoms with Gasteiger partial charge in [-0.25, -0.2) is 4.39 Å². The molecular formula is C12H17FO2. The summed E-state index contributed by atoms with van der Waals surface area (Å²) in [4.78, 5) is 0. The number of ether oxygens (including phenoxy) is 1. The SMILES string of the molecule is COc1ccc(C(C)(C)F)cc1C(C)O. The maximum absolute atomic E-state index is 13.7. The Balaban J connectivity index is 3.22. The van der Waals surface area contributed by atoms with Gasteiger partial charge in [-0.1, -0.05) is 6.07 Å². The molecule has 0 aromatic heterocycles. The highest BCUT2D eigenvalue weighted by atomic mass is 19.1. The van der Waals surface area contributed by atoms with Crippen molar-refractivity contribution in [3.8, 4) is 5.75 Å². The number of hydrogen-bond acceptors (Lipinski definition) is 2. The second-order valence-electron chi connectivity index (χ2n) is 4.11. The minimum absolute atomic E-state index is 0.541. The number of aliphatic hydroxyl groups excluding tert-OH is 1. The quantitative estimate of drug-likeness (QED) is 0.834. The first kappa shape index (κ1) is 12.0. The van der Waals surface area contributed by atoms with Crippen LogP contribution in [-0.2, 0) is 5.67 Å². The molecule has 0 fully saturated rings. The molecule has 2 nitrogen and oxygen atoms in total. The fourth-order valence-corrected chi connectivity index (χ4v) is 1.43. The van der Waals surface area contributed by atoms with E-state index >= 15 is 0 Å². The Bertz CT molecular complexity index is 340. The summed E-state index contributed by atoms with van der Waals surface area (Å²) in [5.41, 5.74) is -0.254. The lowest BCUT2D eigenvalue weighted by atomic mass is 9.96. The van der Waals surface area contributed by atoms with Crippen LogP contribution in [0.5, 0.6) is 5.75 Å². The molecule has 0 spiro atoms. The van der Waals surface area contributed by atoms with Gasteiger partial charge in [-0.15, -0.1) is 0 Å². The first-order valence-corrected chi connectivity index (χ1v) is 4.91. The van der Waals surface area contributed by atoms with E-state index in [0.29, 0.717) is 16.9 Å². The Morgan fingerprint density at radius 3 is 2.40 bits per heavy atom. The van der Waals surface area contributed by atoms with Crippen molar-refractivity contribution < 1.29 is 14.2 Å². The van der Waals surface area contributed by atoms with Crippen molar-refractivity contribution in [1.82, 2.24) is 0 Å². The van der Waals surface area contributed by atoms with Gasteiger partial charge >= 0.3 is 0 Å². The van der Waals surface area contributed by atoms with Crippen molar-refractivity contribution in [3.63, 3.8) is 0 Å². The van der Waals surface area contributed by atoms with E-state index in [-0.39, 0.29) is 0 Å². The molecule has 0 bridgehead atoms. The molecule has 0 amide bonds. The van der Waals surface area contributed by atoms with Gasteiger partial charge in [0.25, 0.3) is 0 Å². The topological polar surface area (TPSA) is 29.5 Å². The highest BCUT2D eigenvalue weighted by Gasteiger charge is 2.21. The zero-order valence-electron chi connectivity index (χ0n) is 9.54. The lowest BCUT2D eigenvalue weighted by molar-refractivity contribution is 0.192. The van der Waals surface area contributed by atoms with Gasteiger partial charge in [0.05, 0.1) is 13.2 Å². The zero-order valence-corrected chi connectivity index (χ0v) is 9.54. The summed E-state index contributed by atoms with van der Waals surface area (Å²) in [6.45, 7) is 4.61. The number of halogens is 1. The first-order valence-electron chi connectivity index (χ1n) is 4.91. The van der Waals surface area contributed by atoms with Crippen molar-refractivity contribution in [2.75, 3.05) is 7.11 Å². The van der Waals surface area contributed by atoms with Gasteiger partial charge in [-0.05, 0) is 38.5 Å². The van der Waals surface area contributed by atoms with Gasteiger partial charge in [0, 0.05) is 5.56 Å². The van der Waals surface area contributed by atoms with Crippen molar-refractivity contribution in [2.45, 2.75) is 32.5 Å². The summed E-state index contributed by atoms with van der Waals surface area (Å²) in [5.74, 6) is 0.581. The number of rotatable bonds is 3. The van der Waals surface area contributed by atoms with E-state index < -0.39 is 11.8 Å². The highest BCUT2D eigenvalue weighted by Crippen LogP contribution is 2.32. The van der Waals surface area contributed by atoms with Gasteiger partial charge in [-0.2, -0.15) is 0 Å². The van der Waals surface area contributed by atoms with Crippen LogP contribution < -0.4 is 4.74 Å². The summed E-state index contributed by atoms with van der Waals surface area (Å²) >= 11 is 0. The highest BCUT2D eigenvalue weighted by molar-refractivity contribution is 5.40. The Labute approximate surface area is 89.7 Å². The molecule has 0 aliphatic carbocycles. The van der Waals surface area contributed by atoms with Gasteiger partial charge in [0.1, 0.15) is 11.4 Å². The smallest absolute Gasteiger partial charge is 0.130 e. The van der Waals surface area contributed by atoms with Crippen LogP contribution in [0.4, 0.5) is 4.39 Å². The molecule has 15 heavy (non-hydrogen) atoms. The second-order valence-corrected chi connectivity index (χ2v) is 4.11. The summed E-state index contributed by atoms with van der Waals surface area (Å²) in [6.07, 6.45) is -0.665. The molecule has 0 aliphatic rings. The van der Waals surface area contributed by atoms with Crippen molar-refractivity contribution in [1.29, 1.82) is 0 Å². The molecule has 3 heteroatoms. The van der Waals surface area contributed by atoms with Gasteiger partial charge in [0.2, 0.25) is 0 Å². The Hall–Kier alpha value is -1.09. The average Bonchev–Trinajstić information content (AvgIpc) is 2.15. The van der Waals surface area contributed by atoms with Crippen LogP contribution in [0.25, 0.3) is 0 Å². The molecule has 0 saturated heterocycles. The van der Waals surface area contributed by atoms with E-state index in [4.69, 9.17) is 4.74 Å². The molecule has 1 rings (SSSR count). The summed E-state index contributed by atoms with van der Waals surface area (Å²) in [7, 11) is 1.53. The van der Waals surface area contributed by atoms with E-state index in [1.54, 1.807) is 25.1 Å². The Morgan fingerprint density at radius 2 is 2.00 bits per heavy atom. The van der Waals surface area contributed by atoms with Gasteiger partial charge in [0.15, 0.2) is 0 Å². The maximum atomic E-state index is 13.7. The molecule has 0 aliphatic heterocycles. The monoisotopic (exact) mass is 212 g/mol. The lowest BCUT2D eigenvalue weighted by Crippen LogP contribution is -2.10. The molecule has 1 atom stereocenters. The third-order valence-corrected chi connectivity index (χ3v) is 2.37. The van der Waals surface area contributed by atoms with E-state index in [2.05, 4.69) is 0 Å². The standard InChI is InChI=1S/C12H17FO2/c1-8(14)10-7-9(12(2,3)13)5-6-11(10)15-4/h5-8,14H,1-4H3. The predicted molar refractivity (Wildman–Crippen MR) is 57.8 cm³/mol. The predicted octanol–water partition coefficient (Wildman–Crippen LogP) is 2.95. The Kier molecular flexibility index (Phi) is 3.35. The molecule has 1 aromatic carbocycles. The van der Waals surface area contributed by atoms with Crippen LogP contribution in [0.15, 0.2) is 18.2 Å². The minimum atomic E-state index is -1.41. The van der Waals surface area contributed by atoms with E-state index in [1.165, 1.54) is 21.0 Å². The number of benzene rings is 1. The molecular weight excluding hydrogens is 195 g/mol. The van der Waals surface area contributed by atoms with Crippen molar-refractivity contribution >= 4 is 0 Å². The third-order valence-electron chi connectivity index (χ3n) is 2.37. The zero-order chi connectivity index (χ0) is 11.6. The average molecular weight is 212 g/mol. The van der Waals surface area contributed by atoms with Crippen LogP contribution in [0.3, 0.4) is 0 Å². The molecule has 84 valence electrons. The third kappa shape index (κ3) is 2.69. The Morgan fingerprint density at radius 1 is 1.40 bits per heavy atom. The molecule has 0 radical (unpaired) electrons. The van der Waals surface area contributed by atoms with E-state index in [9.17, 15) is 9.50 Å². The lowest BCUT2D eigenvalue weighted by Gasteiger charge is -2.18. The largest absolute Gasteiger partial charge is 0.496 e. The van der Waals surface area contributed by atoms with Crippen LogP contribution in [-0.4, -0.2) is 12.2 Å². The summed E-state index contributed by atoms with van der Waals surface area (Å²) in [6, 6.07) is 4.99. The first-order chi connectivity index (χ1) is 6.86. The fourth-order valence-electron chi connectivity index (χ4n) is 1.43. The summed E-state index contributed by atoms with van der Waals surface area (Å²) in [5, 5.41) is 9.52. The number of aliphatic hydroxyl groups is 1. The summed E-state index contributed by atoms with van der Waals surface area (Å²) < 4.78 is 18.8. The molecule has 0 heterocycles. The molecule has 1 N–H and O–H groups in total. The molecule has 1 aromatic rings. The normalized spacial score (nSPS) is 13.7. The number of hydrogen-bond donors (Lipinski definition) is 1. The minimum Gasteiger partial charge on any atom is -0.496 e. The van der Waals surface area contributed by atoms with Crippen LogP contribution in [0.2, 0.25) is 0 Å². The van der Waals surface area contributed by atoms with E-state index in [1.807, 2.05) is 0 Å². The maximum Gasteiger partial charge on any atom is 0.130 e. The van der Waals surface area contributed by atoms with Crippen LogP contribution >= 0.6 is 0 Å². The van der Waals surface area contributed by atoms with Crippen molar-refractivity contribution in [2.24, 2.45) is 0 Å². The van der Waals surface area contributed by atoms with E-state index in [0.717, 1.165) is 0 Å². The second kappa shape index (κ2) is 4.19. The van der Waals surface area contributed by atoms with Crippen molar-refractivity contribution in [3.05, 3.63) is 29.3 Å². The number of methoxy groups -OCH3 is 1. The number of alkyl halides is 1. The van der Waals surface area contributed by atoms with Gasteiger partial charge in [-0.3, -0.25) is 0 Å².